The SMILES string of the molecule is O=S(=O)(c1ccccc1F)N1C[C@H]2CCCN2C[C@H]1Cn1nnc2ccccc21. The second-order valence-electron chi connectivity index (χ2n) is 7.71. The maximum atomic E-state index is 14.4. The van der Waals surface area contributed by atoms with Gasteiger partial charge in [-0.2, -0.15) is 4.31 Å². The van der Waals surface area contributed by atoms with Crippen molar-refractivity contribution >= 4 is 21.1 Å². The lowest BCUT2D eigenvalue weighted by atomic mass is 10.1. The van der Waals surface area contributed by atoms with E-state index in [1.165, 1.54) is 22.5 Å². The molecule has 5 rings (SSSR count). The van der Waals surface area contributed by atoms with Crippen LogP contribution in [-0.4, -0.2) is 64.3 Å². The summed E-state index contributed by atoms with van der Waals surface area (Å²) < 4.78 is 44.5. The van der Waals surface area contributed by atoms with E-state index >= 15 is 0 Å². The maximum absolute atomic E-state index is 14.4. The summed E-state index contributed by atoms with van der Waals surface area (Å²) in [6.45, 7) is 2.31. The van der Waals surface area contributed by atoms with E-state index in [4.69, 9.17) is 0 Å². The van der Waals surface area contributed by atoms with Crippen LogP contribution in [0.1, 0.15) is 12.8 Å². The van der Waals surface area contributed by atoms with Crippen molar-refractivity contribution in [1.82, 2.24) is 24.2 Å². The molecule has 0 radical (unpaired) electrons. The van der Waals surface area contributed by atoms with E-state index < -0.39 is 15.8 Å². The smallest absolute Gasteiger partial charge is 0.246 e. The molecule has 2 aromatic carbocycles. The molecule has 0 saturated carbocycles. The third-order valence-corrected chi connectivity index (χ3v) is 7.92. The second-order valence-corrected chi connectivity index (χ2v) is 9.57. The second kappa shape index (κ2) is 7.16. The molecule has 0 N–H and O–H groups in total. The zero-order valence-electron chi connectivity index (χ0n) is 15.9. The average molecular weight is 415 g/mol. The molecule has 2 atom stereocenters. The van der Waals surface area contributed by atoms with Gasteiger partial charge in [0.1, 0.15) is 16.2 Å². The molecule has 0 bridgehead atoms. The Hall–Kier alpha value is -2.36. The lowest BCUT2D eigenvalue weighted by molar-refractivity contribution is 0.0976. The van der Waals surface area contributed by atoms with E-state index in [2.05, 4.69) is 15.2 Å². The summed E-state index contributed by atoms with van der Waals surface area (Å²) >= 11 is 0. The number of hydrogen-bond donors (Lipinski definition) is 0. The fourth-order valence-corrected chi connectivity index (χ4v) is 6.25. The number of aromatic nitrogens is 3. The summed E-state index contributed by atoms with van der Waals surface area (Å²) in [4.78, 5) is 2.08. The minimum atomic E-state index is -3.97. The molecule has 0 amide bonds. The van der Waals surface area contributed by atoms with Crippen molar-refractivity contribution < 1.29 is 12.8 Å². The largest absolute Gasteiger partial charge is 0.297 e. The molecule has 2 fully saturated rings. The third-order valence-electron chi connectivity index (χ3n) is 5.97. The van der Waals surface area contributed by atoms with Gasteiger partial charge in [-0.3, -0.25) is 4.90 Å². The first-order valence-electron chi connectivity index (χ1n) is 9.83. The van der Waals surface area contributed by atoms with Crippen LogP contribution in [0.3, 0.4) is 0 Å². The summed E-state index contributed by atoms with van der Waals surface area (Å²) in [5, 5.41) is 8.42. The Labute approximate surface area is 168 Å². The molecular formula is C20H22FN5O2S. The predicted octanol–water partition coefficient (Wildman–Crippen LogP) is 2.11. The number of nitrogens with zero attached hydrogens (tertiary/aromatic N) is 5. The molecule has 3 aromatic rings. The summed E-state index contributed by atoms with van der Waals surface area (Å²) in [6, 6.07) is 13.0. The summed E-state index contributed by atoms with van der Waals surface area (Å²) in [6.07, 6.45) is 2.01. The normalized spacial score (nSPS) is 23.5. The number of hydrogen-bond acceptors (Lipinski definition) is 5. The standard InChI is InChI=1S/C20H22FN5O2S/c21-17-7-1-4-10-20(17)29(27,28)26-14-15-6-5-11-24(15)12-16(26)13-25-19-9-3-2-8-18(19)22-23-25/h1-4,7-10,15-16H,5-6,11-14H2/t15-,16+/m1/s1. The summed E-state index contributed by atoms with van der Waals surface area (Å²) in [7, 11) is -3.97. The molecule has 3 heterocycles. The van der Waals surface area contributed by atoms with Crippen LogP contribution in [0.5, 0.6) is 0 Å². The van der Waals surface area contributed by atoms with E-state index in [-0.39, 0.29) is 17.0 Å². The van der Waals surface area contributed by atoms with Gasteiger partial charge in [0.15, 0.2) is 0 Å². The van der Waals surface area contributed by atoms with Gasteiger partial charge in [0, 0.05) is 19.1 Å². The fourth-order valence-electron chi connectivity index (χ4n) is 4.54. The molecule has 7 nitrogen and oxygen atoms in total. The number of fused-ring (bicyclic) bond motifs is 2. The zero-order valence-corrected chi connectivity index (χ0v) is 16.7. The highest BCUT2D eigenvalue weighted by Gasteiger charge is 2.43. The first-order chi connectivity index (χ1) is 14.0. The van der Waals surface area contributed by atoms with Crippen LogP contribution in [0.4, 0.5) is 4.39 Å². The number of rotatable bonds is 4. The van der Waals surface area contributed by atoms with Crippen molar-refractivity contribution in [2.24, 2.45) is 0 Å². The summed E-state index contributed by atoms with van der Waals surface area (Å²) in [5.41, 5.74) is 1.63. The minimum absolute atomic E-state index is 0.181. The Balaban J connectivity index is 1.53. The Morgan fingerprint density at radius 1 is 1.07 bits per heavy atom. The molecule has 1 aromatic heterocycles. The fraction of sp³-hybridized carbons (Fsp3) is 0.400. The molecule has 9 heteroatoms. The Kier molecular flexibility index (Phi) is 4.60. The molecule has 2 saturated heterocycles. The first-order valence-corrected chi connectivity index (χ1v) is 11.3. The minimum Gasteiger partial charge on any atom is -0.297 e. The van der Waals surface area contributed by atoms with E-state index in [1.807, 2.05) is 24.3 Å². The maximum Gasteiger partial charge on any atom is 0.246 e. The van der Waals surface area contributed by atoms with Crippen LogP contribution < -0.4 is 0 Å². The molecule has 0 unspecified atom stereocenters. The van der Waals surface area contributed by atoms with Gasteiger partial charge < -0.3 is 0 Å². The Morgan fingerprint density at radius 3 is 2.72 bits per heavy atom. The van der Waals surface area contributed by atoms with E-state index in [1.54, 1.807) is 10.7 Å². The predicted molar refractivity (Wildman–Crippen MR) is 106 cm³/mol. The van der Waals surface area contributed by atoms with Gasteiger partial charge in [0.25, 0.3) is 0 Å². The quantitative estimate of drug-likeness (QED) is 0.653. The lowest BCUT2D eigenvalue weighted by Crippen LogP contribution is -2.59. The van der Waals surface area contributed by atoms with Crippen molar-refractivity contribution in [3.05, 3.63) is 54.3 Å². The number of halogens is 1. The highest BCUT2D eigenvalue weighted by molar-refractivity contribution is 7.89. The first kappa shape index (κ1) is 18.7. The van der Waals surface area contributed by atoms with Gasteiger partial charge in [0.2, 0.25) is 10.0 Å². The number of sulfonamides is 1. The van der Waals surface area contributed by atoms with Crippen molar-refractivity contribution in [3.8, 4) is 0 Å². The average Bonchev–Trinajstić information content (AvgIpc) is 3.34. The number of piperazine rings is 1. The van der Waals surface area contributed by atoms with Gasteiger partial charge in [-0.15, -0.1) is 5.10 Å². The number of benzene rings is 2. The lowest BCUT2D eigenvalue weighted by Gasteiger charge is -2.42. The van der Waals surface area contributed by atoms with E-state index in [0.717, 1.165) is 30.4 Å². The molecule has 0 aliphatic carbocycles. The monoisotopic (exact) mass is 415 g/mol. The van der Waals surface area contributed by atoms with Crippen molar-refractivity contribution in [3.63, 3.8) is 0 Å². The van der Waals surface area contributed by atoms with Gasteiger partial charge >= 0.3 is 0 Å². The Bertz CT molecular complexity index is 1150. The molecule has 152 valence electrons. The topological polar surface area (TPSA) is 71.3 Å². The molecular weight excluding hydrogens is 393 g/mol. The molecule has 0 spiro atoms. The van der Waals surface area contributed by atoms with Crippen LogP contribution in [0, 0.1) is 5.82 Å². The molecule has 2 aliphatic rings. The van der Waals surface area contributed by atoms with Crippen molar-refractivity contribution in [2.75, 3.05) is 19.6 Å². The third kappa shape index (κ3) is 3.23. The van der Waals surface area contributed by atoms with Crippen LogP contribution in [0.15, 0.2) is 53.4 Å². The van der Waals surface area contributed by atoms with Gasteiger partial charge in [-0.25, -0.2) is 17.5 Å². The van der Waals surface area contributed by atoms with Gasteiger partial charge in [-0.1, -0.05) is 29.5 Å². The van der Waals surface area contributed by atoms with Crippen LogP contribution in [-0.2, 0) is 16.6 Å². The zero-order chi connectivity index (χ0) is 20.0. The molecule has 2 aliphatic heterocycles. The molecule has 29 heavy (non-hydrogen) atoms. The van der Waals surface area contributed by atoms with Gasteiger partial charge in [-0.05, 0) is 43.7 Å². The van der Waals surface area contributed by atoms with Crippen LogP contribution in [0.25, 0.3) is 11.0 Å². The summed E-state index contributed by atoms with van der Waals surface area (Å²) in [5.74, 6) is -0.716. The van der Waals surface area contributed by atoms with E-state index in [9.17, 15) is 12.8 Å². The highest BCUT2D eigenvalue weighted by atomic mass is 32.2. The number of para-hydroxylation sites is 1. The van der Waals surface area contributed by atoms with E-state index in [0.29, 0.717) is 19.6 Å². The highest BCUT2D eigenvalue weighted by Crippen LogP contribution is 2.31. The van der Waals surface area contributed by atoms with Gasteiger partial charge in [0.05, 0.1) is 18.1 Å². The van der Waals surface area contributed by atoms with Crippen molar-refractivity contribution in [1.29, 1.82) is 0 Å². The van der Waals surface area contributed by atoms with Crippen LogP contribution in [0.2, 0.25) is 0 Å². The van der Waals surface area contributed by atoms with Crippen LogP contribution >= 0.6 is 0 Å². The van der Waals surface area contributed by atoms with Crippen molar-refractivity contribution in [2.45, 2.75) is 36.4 Å². The Morgan fingerprint density at radius 2 is 1.86 bits per heavy atom.